The molecule has 6 heteroatoms. The number of methoxy groups -OCH3 is 1. The van der Waals surface area contributed by atoms with Crippen molar-refractivity contribution in [2.75, 3.05) is 33.8 Å². The molecule has 1 atom stereocenters. The molecule has 1 aliphatic heterocycles. The first-order chi connectivity index (χ1) is 12.2. The van der Waals surface area contributed by atoms with Gasteiger partial charge in [0.25, 0.3) is 0 Å². The Balaban J connectivity index is 1.68. The fourth-order valence-electron chi connectivity index (χ4n) is 3.07. The maximum atomic E-state index is 12.8. The van der Waals surface area contributed by atoms with Crippen LogP contribution >= 0.6 is 0 Å². The van der Waals surface area contributed by atoms with Crippen LogP contribution in [0.1, 0.15) is 17.2 Å². The van der Waals surface area contributed by atoms with Gasteiger partial charge >= 0.3 is 6.03 Å². The predicted octanol–water partition coefficient (Wildman–Crippen LogP) is 2.29. The van der Waals surface area contributed by atoms with Gasteiger partial charge in [-0.2, -0.15) is 0 Å². The van der Waals surface area contributed by atoms with Crippen LogP contribution in [0.25, 0.3) is 0 Å². The van der Waals surface area contributed by atoms with Crippen molar-refractivity contribution in [3.05, 3.63) is 59.8 Å². The molecule has 132 valence electrons. The maximum Gasteiger partial charge on any atom is 0.318 e. The topological polar surface area (TPSA) is 57.7 Å². The van der Waals surface area contributed by atoms with Crippen molar-refractivity contribution in [3.8, 4) is 5.88 Å². The second kappa shape index (κ2) is 7.98. The quantitative estimate of drug-likeness (QED) is 0.928. The van der Waals surface area contributed by atoms with E-state index >= 15 is 0 Å². The molecule has 0 spiro atoms. The predicted molar refractivity (Wildman–Crippen MR) is 96.4 cm³/mol. The number of amides is 2. The van der Waals surface area contributed by atoms with Gasteiger partial charge in [-0.25, -0.2) is 9.78 Å². The van der Waals surface area contributed by atoms with Crippen LogP contribution in [-0.4, -0.2) is 54.6 Å². The monoisotopic (exact) mass is 340 g/mol. The molecular formula is C19H24N4O2. The molecule has 6 nitrogen and oxygen atoms in total. The lowest BCUT2D eigenvalue weighted by molar-refractivity contribution is 0.108. The number of pyridine rings is 1. The molecule has 1 fully saturated rings. The molecule has 0 unspecified atom stereocenters. The van der Waals surface area contributed by atoms with E-state index in [9.17, 15) is 4.79 Å². The van der Waals surface area contributed by atoms with Crippen LogP contribution in [0.5, 0.6) is 5.88 Å². The van der Waals surface area contributed by atoms with Crippen LogP contribution < -0.4 is 10.1 Å². The molecule has 1 aliphatic rings. The first-order valence-corrected chi connectivity index (χ1v) is 8.44. The van der Waals surface area contributed by atoms with Gasteiger partial charge in [0.15, 0.2) is 0 Å². The van der Waals surface area contributed by atoms with Gasteiger partial charge in [0, 0.05) is 38.4 Å². The van der Waals surface area contributed by atoms with E-state index in [1.165, 1.54) is 0 Å². The number of carbonyl (C=O) groups is 1. The van der Waals surface area contributed by atoms with Crippen molar-refractivity contribution in [2.24, 2.45) is 0 Å². The number of piperazine rings is 1. The number of ether oxygens (including phenoxy) is 1. The summed E-state index contributed by atoms with van der Waals surface area (Å²) < 4.78 is 5.12. The van der Waals surface area contributed by atoms with E-state index in [0.717, 1.165) is 24.2 Å². The maximum absolute atomic E-state index is 12.8. The average Bonchev–Trinajstić information content (AvgIpc) is 2.67. The Morgan fingerprint density at radius 2 is 2.08 bits per heavy atom. The molecule has 1 saturated heterocycles. The highest BCUT2D eigenvalue weighted by molar-refractivity contribution is 5.75. The van der Waals surface area contributed by atoms with Crippen molar-refractivity contribution in [3.63, 3.8) is 0 Å². The van der Waals surface area contributed by atoms with Crippen molar-refractivity contribution < 1.29 is 9.53 Å². The Hall–Kier alpha value is -2.60. The van der Waals surface area contributed by atoms with Crippen molar-refractivity contribution in [1.82, 2.24) is 20.1 Å². The van der Waals surface area contributed by atoms with Crippen LogP contribution in [0.3, 0.4) is 0 Å². The number of aromatic nitrogens is 1. The summed E-state index contributed by atoms with van der Waals surface area (Å²) in [5.41, 5.74) is 2.13. The zero-order valence-electron chi connectivity index (χ0n) is 14.7. The van der Waals surface area contributed by atoms with Crippen molar-refractivity contribution >= 4 is 6.03 Å². The van der Waals surface area contributed by atoms with Crippen LogP contribution in [0, 0.1) is 0 Å². The summed E-state index contributed by atoms with van der Waals surface area (Å²) in [5.74, 6) is 0.550. The Kier molecular flexibility index (Phi) is 5.50. The van der Waals surface area contributed by atoms with Gasteiger partial charge < -0.3 is 19.9 Å². The molecule has 0 aliphatic carbocycles. The highest BCUT2D eigenvalue weighted by atomic mass is 16.5. The van der Waals surface area contributed by atoms with Gasteiger partial charge in [0.2, 0.25) is 5.88 Å². The first kappa shape index (κ1) is 17.2. The Bertz CT molecular complexity index is 708. The van der Waals surface area contributed by atoms with E-state index in [-0.39, 0.29) is 12.1 Å². The minimum atomic E-state index is -0.0438. The van der Waals surface area contributed by atoms with E-state index in [1.807, 2.05) is 35.2 Å². The van der Waals surface area contributed by atoms with Crippen LogP contribution in [0.2, 0.25) is 0 Å². The molecule has 2 amide bonds. The Morgan fingerprint density at radius 1 is 1.28 bits per heavy atom. The number of nitrogens with one attached hydrogen (secondary N) is 1. The Morgan fingerprint density at radius 3 is 2.84 bits per heavy atom. The third-order valence-electron chi connectivity index (χ3n) is 4.48. The highest BCUT2D eigenvalue weighted by Crippen LogP contribution is 2.24. The highest BCUT2D eigenvalue weighted by Gasteiger charge is 2.29. The van der Waals surface area contributed by atoms with E-state index < -0.39 is 0 Å². The molecule has 1 N–H and O–H groups in total. The lowest BCUT2D eigenvalue weighted by Gasteiger charge is -2.40. The standard InChI is InChI=1S/C19H24N4O2/c1-22-10-11-23(17(14-22)16-6-4-3-5-7-16)19(24)21-13-15-8-9-20-18(12-15)25-2/h3-9,12,17H,10-11,13-14H2,1-2H3,(H,21,24)/t17-/m1/s1. The summed E-state index contributed by atoms with van der Waals surface area (Å²) in [6.45, 7) is 2.87. The van der Waals surface area contributed by atoms with E-state index in [0.29, 0.717) is 19.0 Å². The van der Waals surface area contributed by atoms with Gasteiger partial charge in [-0.15, -0.1) is 0 Å². The summed E-state index contributed by atoms with van der Waals surface area (Å²) in [7, 11) is 3.67. The van der Waals surface area contributed by atoms with E-state index in [4.69, 9.17) is 4.74 Å². The second-order valence-corrected chi connectivity index (χ2v) is 6.25. The first-order valence-electron chi connectivity index (χ1n) is 8.44. The molecule has 0 saturated carbocycles. The van der Waals surface area contributed by atoms with Crippen LogP contribution in [0.4, 0.5) is 4.79 Å². The molecule has 1 aromatic carbocycles. The molecular weight excluding hydrogens is 316 g/mol. The fourth-order valence-corrected chi connectivity index (χ4v) is 3.07. The molecule has 3 rings (SSSR count). The lowest BCUT2D eigenvalue weighted by atomic mass is 10.0. The summed E-state index contributed by atoms with van der Waals surface area (Å²) in [4.78, 5) is 21.0. The molecule has 0 radical (unpaired) electrons. The van der Waals surface area contributed by atoms with Crippen molar-refractivity contribution in [2.45, 2.75) is 12.6 Å². The van der Waals surface area contributed by atoms with Gasteiger partial charge in [0.05, 0.1) is 13.2 Å². The number of likely N-dealkylation sites (N-methyl/N-ethyl adjacent to an activating group) is 1. The van der Waals surface area contributed by atoms with E-state index in [2.05, 4.69) is 34.4 Å². The molecule has 2 aromatic rings. The van der Waals surface area contributed by atoms with Crippen LogP contribution in [0.15, 0.2) is 48.7 Å². The smallest absolute Gasteiger partial charge is 0.318 e. The van der Waals surface area contributed by atoms with Gasteiger partial charge in [-0.05, 0) is 24.2 Å². The van der Waals surface area contributed by atoms with E-state index in [1.54, 1.807) is 13.3 Å². The van der Waals surface area contributed by atoms with Gasteiger partial charge in [-0.1, -0.05) is 30.3 Å². The summed E-state index contributed by atoms with van der Waals surface area (Å²) in [5, 5.41) is 3.02. The number of benzene rings is 1. The SMILES string of the molecule is COc1cc(CNC(=O)N2CCN(C)C[C@@H]2c2ccccc2)ccn1. The molecule has 1 aromatic heterocycles. The minimum Gasteiger partial charge on any atom is -0.481 e. The zero-order valence-corrected chi connectivity index (χ0v) is 14.7. The van der Waals surface area contributed by atoms with Crippen LogP contribution in [-0.2, 0) is 6.54 Å². The third kappa shape index (κ3) is 4.28. The number of urea groups is 1. The number of carbonyl (C=O) groups excluding carboxylic acids is 1. The number of nitrogens with zero attached hydrogens (tertiary/aromatic N) is 3. The average molecular weight is 340 g/mol. The molecule has 2 heterocycles. The largest absolute Gasteiger partial charge is 0.481 e. The number of hydrogen-bond donors (Lipinski definition) is 1. The Labute approximate surface area is 148 Å². The normalized spacial score (nSPS) is 18.0. The fraction of sp³-hybridized carbons (Fsp3) is 0.368. The van der Waals surface area contributed by atoms with Gasteiger partial charge in [0.1, 0.15) is 0 Å². The second-order valence-electron chi connectivity index (χ2n) is 6.25. The molecule has 25 heavy (non-hydrogen) atoms. The summed E-state index contributed by atoms with van der Waals surface area (Å²) in [6.07, 6.45) is 1.68. The summed E-state index contributed by atoms with van der Waals surface area (Å²) in [6, 6.07) is 13.9. The van der Waals surface area contributed by atoms with Crippen molar-refractivity contribution in [1.29, 1.82) is 0 Å². The number of rotatable bonds is 4. The zero-order chi connectivity index (χ0) is 17.6. The minimum absolute atomic E-state index is 0.0438. The number of hydrogen-bond acceptors (Lipinski definition) is 4. The summed E-state index contributed by atoms with van der Waals surface area (Å²) >= 11 is 0. The third-order valence-corrected chi connectivity index (χ3v) is 4.48. The lowest BCUT2D eigenvalue weighted by Crippen LogP contribution is -2.52. The van der Waals surface area contributed by atoms with Gasteiger partial charge in [-0.3, -0.25) is 0 Å². The molecule has 0 bridgehead atoms.